The molecule has 1 rings (SSSR count). The van der Waals surface area contributed by atoms with Gasteiger partial charge < -0.3 is 21.3 Å². The van der Waals surface area contributed by atoms with E-state index in [-0.39, 0.29) is 0 Å². The lowest BCUT2D eigenvalue weighted by Gasteiger charge is -2.18. The Morgan fingerprint density at radius 1 is 0.812 bits per heavy atom. The normalized spacial score (nSPS) is 27.2. The molecule has 96 valence electrons. The van der Waals surface area contributed by atoms with Gasteiger partial charge in [-0.3, -0.25) is 0 Å². The third-order valence-electron chi connectivity index (χ3n) is 3.08. The maximum atomic E-state index is 3.61. The van der Waals surface area contributed by atoms with Crippen molar-refractivity contribution in [3.8, 4) is 0 Å². The Balaban J connectivity index is 2.16. The maximum absolute atomic E-state index is 3.61. The van der Waals surface area contributed by atoms with Crippen molar-refractivity contribution >= 4 is 0 Å². The average molecular weight is 228 g/mol. The van der Waals surface area contributed by atoms with Crippen molar-refractivity contribution in [2.75, 3.05) is 45.8 Å². The summed E-state index contributed by atoms with van der Waals surface area (Å²) in [6, 6.07) is 0.671. The smallest absolute Gasteiger partial charge is 0.00793 e. The number of nitrogens with one attached hydrogen (secondary N) is 4. The molecule has 0 aromatic rings. The molecule has 0 saturated carbocycles. The summed E-state index contributed by atoms with van der Waals surface area (Å²) in [6.45, 7) is 9.99. The second-order valence-electron chi connectivity index (χ2n) is 4.45. The summed E-state index contributed by atoms with van der Waals surface area (Å²) in [4.78, 5) is 0. The molecule has 1 aliphatic heterocycles. The second-order valence-corrected chi connectivity index (χ2v) is 4.45. The van der Waals surface area contributed by atoms with E-state index in [1.807, 2.05) is 0 Å². The van der Waals surface area contributed by atoms with Crippen molar-refractivity contribution in [1.29, 1.82) is 0 Å². The van der Waals surface area contributed by atoms with Crippen molar-refractivity contribution < 1.29 is 0 Å². The van der Waals surface area contributed by atoms with Gasteiger partial charge in [0.1, 0.15) is 0 Å². The Kier molecular flexibility index (Phi) is 8.71. The van der Waals surface area contributed by atoms with Gasteiger partial charge in [0, 0.05) is 32.2 Å². The minimum Gasteiger partial charge on any atom is -0.315 e. The SMILES string of the molecule is CCC1CCNCCNCCCNCCN1. The summed E-state index contributed by atoms with van der Waals surface area (Å²) >= 11 is 0. The van der Waals surface area contributed by atoms with Gasteiger partial charge >= 0.3 is 0 Å². The molecular formula is C12H28N4. The van der Waals surface area contributed by atoms with E-state index < -0.39 is 0 Å². The van der Waals surface area contributed by atoms with Crippen LogP contribution in [0.3, 0.4) is 0 Å². The lowest BCUT2D eigenvalue weighted by Crippen LogP contribution is -2.39. The molecule has 4 nitrogen and oxygen atoms in total. The van der Waals surface area contributed by atoms with Gasteiger partial charge in [-0.15, -0.1) is 0 Å². The first-order chi connectivity index (χ1) is 7.93. The van der Waals surface area contributed by atoms with Crippen molar-refractivity contribution in [3.63, 3.8) is 0 Å². The molecule has 1 aliphatic rings. The summed E-state index contributed by atoms with van der Waals surface area (Å²) < 4.78 is 0. The zero-order valence-electron chi connectivity index (χ0n) is 10.6. The monoisotopic (exact) mass is 228 g/mol. The Labute approximate surface area is 99.9 Å². The lowest BCUT2D eigenvalue weighted by atomic mass is 10.1. The zero-order chi connectivity index (χ0) is 11.5. The van der Waals surface area contributed by atoms with E-state index in [1.54, 1.807) is 0 Å². The molecule has 0 spiro atoms. The summed E-state index contributed by atoms with van der Waals surface area (Å²) in [6.07, 6.45) is 3.67. The van der Waals surface area contributed by atoms with Gasteiger partial charge in [-0.25, -0.2) is 0 Å². The van der Waals surface area contributed by atoms with Gasteiger partial charge in [0.05, 0.1) is 0 Å². The van der Waals surface area contributed by atoms with Crippen LogP contribution < -0.4 is 21.3 Å². The molecule has 0 radical (unpaired) electrons. The van der Waals surface area contributed by atoms with E-state index in [9.17, 15) is 0 Å². The third kappa shape index (κ3) is 7.17. The largest absolute Gasteiger partial charge is 0.315 e. The molecule has 0 aromatic heterocycles. The number of rotatable bonds is 1. The van der Waals surface area contributed by atoms with E-state index in [4.69, 9.17) is 0 Å². The highest BCUT2D eigenvalue weighted by atomic mass is 15.0. The molecule has 1 heterocycles. The van der Waals surface area contributed by atoms with Gasteiger partial charge in [-0.2, -0.15) is 0 Å². The van der Waals surface area contributed by atoms with Gasteiger partial charge in [-0.05, 0) is 38.9 Å². The predicted molar refractivity (Wildman–Crippen MR) is 69.9 cm³/mol. The van der Waals surface area contributed by atoms with Crippen LogP contribution >= 0.6 is 0 Å². The van der Waals surface area contributed by atoms with Crippen LogP contribution in [0.2, 0.25) is 0 Å². The Hall–Kier alpha value is -0.160. The van der Waals surface area contributed by atoms with Gasteiger partial charge in [0.15, 0.2) is 0 Å². The Morgan fingerprint density at radius 3 is 2.12 bits per heavy atom. The standard InChI is InChI=1S/C12H28N4/c1-2-12-4-7-15-9-8-13-5-3-6-14-10-11-16-12/h12-16H,2-11H2,1H3. The quantitative estimate of drug-likeness (QED) is 0.507. The predicted octanol–water partition coefficient (Wildman–Crippen LogP) is -0.0828. The Bertz CT molecular complexity index is 138. The lowest BCUT2D eigenvalue weighted by molar-refractivity contribution is 0.440. The molecule has 0 amide bonds. The fourth-order valence-electron chi connectivity index (χ4n) is 1.98. The molecule has 4 heteroatoms. The summed E-state index contributed by atoms with van der Waals surface area (Å²) in [5.41, 5.74) is 0. The van der Waals surface area contributed by atoms with Gasteiger partial charge in [-0.1, -0.05) is 6.92 Å². The van der Waals surface area contributed by atoms with Crippen LogP contribution in [0, 0.1) is 0 Å². The molecule has 1 saturated heterocycles. The molecule has 1 atom stereocenters. The maximum Gasteiger partial charge on any atom is 0.00793 e. The molecule has 1 unspecified atom stereocenters. The fourth-order valence-corrected chi connectivity index (χ4v) is 1.98. The van der Waals surface area contributed by atoms with Crippen LogP contribution in [-0.4, -0.2) is 51.9 Å². The van der Waals surface area contributed by atoms with Crippen LogP contribution in [0.4, 0.5) is 0 Å². The molecule has 16 heavy (non-hydrogen) atoms. The third-order valence-corrected chi connectivity index (χ3v) is 3.08. The highest BCUT2D eigenvalue weighted by Crippen LogP contribution is 1.95. The number of hydrogen-bond donors (Lipinski definition) is 4. The first-order valence-electron chi connectivity index (χ1n) is 6.79. The van der Waals surface area contributed by atoms with Crippen LogP contribution in [0.5, 0.6) is 0 Å². The van der Waals surface area contributed by atoms with E-state index in [2.05, 4.69) is 28.2 Å². The van der Waals surface area contributed by atoms with Crippen molar-refractivity contribution in [3.05, 3.63) is 0 Å². The van der Waals surface area contributed by atoms with Crippen LogP contribution in [-0.2, 0) is 0 Å². The molecule has 0 aliphatic carbocycles. The van der Waals surface area contributed by atoms with E-state index >= 15 is 0 Å². The molecular weight excluding hydrogens is 200 g/mol. The molecule has 0 aromatic carbocycles. The summed E-state index contributed by atoms with van der Waals surface area (Å²) in [7, 11) is 0. The Morgan fingerprint density at radius 2 is 1.44 bits per heavy atom. The highest BCUT2D eigenvalue weighted by Gasteiger charge is 2.04. The van der Waals surface area contributed by atoms with Crippen LogP contribution in [0.15, 0.2) is 0 Å². The van der Waals surface area contributed by atoms with Gasteiger partial charge in [0.2, 0.25) is 0 Å². The van der Waals surface area contributed by atoms with Crippen molar-refractivity contribution in [2.45, 2.75) is 32.2 Å². The highest BCUT2D eigenvalue weighted by molar-refractivity contribution is 4.68. The average Bonchev–Trinajstić information content (AvgIpc) is 2.32. The second kappa shape index (κ2) is 10.0. The van der Waals surface area contributed by atoms with Gasteiger partial charge in [0.25, 0.3) is 0 Å². The van der Waals surface area contributed by atoms with Crippen LogP contribution in [0.25, 0.3) is 0 Å². The van der Waals surface area contributed by atoms with Crippen molar-refractivity contribution in [1.82, 2.24) is 21.3 Å². The minimum absolute atomic E-state index is 0.671. The van der Waals surface area contributed by atoms with Crippen LogP contribution in [0.1, 0.15) is 26.2 Å². The minimum atomic E-state index is 0.671. The van der Waals surface area contributed by atoms with Crippen molar-refractivity contribution in [2.24, 2.45) is 0 Å². The molecule has 4 N–H and O–H groups in total. The number of hydrogen-bond acceptors (Lipinski definition) is 4. The molecule has 0 bridgehead atoms. The van der Waals surface area contributed by atoms with E-state index in [0.717, 1.165) is 45.8 Å². The van der Waals surface area contributed by atoms with E-state index in [0.29, 0.717) is 6.04 Å². The first kappa shape index (κ1) is 13.9. The summed E-state index contributed by atoms with van der Waals surface area (Å²) in [5, 5.41) is 14.0. The zero-order valence-corrected chi connectivity index (χ0v) is 10.6. The topological polar surface area (TPSA) is 48.1 Å². The first-order valence-corrected chi connectivity index (χ1v) is 6.79. The van der Waals surface area contributed by atoms with E-state index in [1.165, 1.54) is 19.3 Å². The molecule has 1 fully saturated rings. The summed E-state index contributed by atoms with van der Waals surface area (Å²) in [5.74, 6) is 0. The fraction of sp³-hybridized carbons (Fsp3) is 1.00.